The Balaban J connectivity index is 1.94. The number of cyclic esters (lactones) is 1. The van der Waals surface area contributed by atoms with E-state index in [4.69, 9.17) is 9.47 Å². The largest absolute Gasteiger partial charge is 0.459 e. The van der Waals surface area contributed by atoms with Gasteiger partial charge in [0.15, 0.2) is 0 Å². The summed E-state index contributed by atoms with van der Waals surface area (Å²) < 4.78 is 11.0. The molecule has 2 atom stereocenters. The first-order valence-corrected chi connectivity index (χ1v) is 7.24. The second kappa shape index (κ2) is 6.39. The molecule has 1 fully saturated rings. The Bertz CT molecular complexity index is 501. The van der Waals surface area contributed by atoms with Gasteiger partial charge in [-0.1, -0.05) is 51.1 Å². The van der Waals surface area contributed by atoms with E-state index in [1.54, 1.807) is 0 Å². The van der Waals surface area contributed by atoms with E-state index in [9.17, 15) is 9.59 Å². The van der Waals surface area contributed by atoms with Gasteiger partial charge in [0.1, 0.15) is 18.0 Å². The highest BCUT2D eigenvalue weighted by atomic mass is 16.6. The Hall–Kier alpha value is -1.68. The summed E-state index contributed by atoms with van der Waals surface area (Å²) in [5.41, 5.74) is 0.608. The molecule has 0 radical (unpaired) electrons. The van der Waals surface area contributed by atoms with Crippen LogP contribution in [-0.4, -0.2) is 24.0 Å². The van der Waals surface area contributed by atoms with Gasteiger partial charge in [0, 0.05) is 11.8 Å². The molecule has 1 aliphatic heterocycles. The second-order valence-electron chi connectivity index (χ2n) is 6.44. The van der Waals surface area contributed by atoms with Crippen molar-refractivity contribution < 1.29 is 19.1 Å². The Kier molecular flexibility index (Phi) is 4.78. The molecule has 1 saturated heterocycles. The van der Waals surface area contributed by atoms with Crippen molar-refractivity contribution in [2.75, 3.05) is 0 Å². The molecule has 1 aromatic rings. The van der Waals surface area contributed by atoms with Gasteiger partial charge < -0.3 is 9.47 Å². The van der Waals surface area contributed by atoms with Crippen LogP contribution < -0.4 is 0 Å². The van der Waals surface area contributed by atoms with Gasteiger partial charge in [-0.3, -0.25) is 9.59 Å². The highest BCUT2D eigenvalue weighted by Crippen LogP contribution is 2.26. The van der Waals surface area contributed by atoms with Crippen LogP contribution in [0.5, 0.6) is 0 Å². The van der Waals surface area contributed by atoms with Crippen LogP contribution >= 0.6 is 0 Å². The molecule has 0 amide bonds. The summed E-state index contributed by atoms with van der Waals surface area (Å²) in [5.74, 6) is -0.213. The number of ketones is 1. The van der Waals surface area contributed by atoms with Gasteiger partial charge in [-0.05, 0) is 5.56 Å². The number of carbonyl (C=O) groups is 2. The van der Waals surface area contributed by atoms with Crippen LogP contribution in [-0.2, 0) is 25.7 Å². The average molecular weight is 290 g/mol. The summed E-state index contributed by atoms with van der Waals surface area (Å²) in [7, 11) is 0. The first-order chi connectivity index (χ1) is 9.86. The monoisotopic (exact) mass is 290 g/mol. The van der Waals surface area contributed by atoms with Gasteiger partial charge >= 0.3 is 5.97 Å². The molecule has 0 aliphatic carbocycles. The zero-order valence-electron chi connectivity index (χ0n) is 12.8. The van der Waals surface area contributed by atoms with Crippen LogP contribution in [0.3, 0.4) is 0 Å². The quantitative estimate of drug-likeness (QED) is 0.782. The summed E-state index contributed by atoms with van der Waals surface area (Å²) >= 11 is 0. The summed E-state index contributed by atoms with van der Waals surface area (Å²) in [6.07, 6.45) is -0.374. The van der Waals surface area contributed by atoms with E-state index in [-0.39, 0.29) is 30.7 Å². The third kappa shape index (κ3) is 4.39. The van der Waals surface area contributed by atoms with Crippen molar-refractivity contribution in [2.45, 2.75) is 52.4 Å². The van der Waals surface area contributed by atoms with Crippen molar-refractivity contribution in [3.05, 3.63) is 35.9 Å². The zero-order chi connectivity index (χ0) is 15.5. The SMILES string of the molecule is CC(C)(C)C(=O)C[C@@H]1OC(=O)C[C@H]1OCc1ccccc1. The van der Waals surface area contributed by atoms with E-state index >= 15 is 0 Å². The third-order valence-electron chi connectivity index (χ3n) is 3.60. The first kappa shape index (κ1) is 15.7. The maximum Gasteiger partial charge on any atom is 0.308 e. The van der Waals surface area contributed by atoms with Crippen molar-refractivity contribution in [3.63, 3.8) is 0 Å². The molecule has 0 spiro atoms. The summed E-state index contributed by atoms with van der Waals surface area (Å²) in [6.45, 7) is 6.02. The summed E-state index contributed by atoms with van der Waals surface area (Å²) in [5, 5.41) is 0. The topological polar surface area (TPSA) is 52.6 Å². The predicted octanol–water partition coefficient (Wildman–Crippen LogP) is 2.89. The van der Waals surface area contributed by atoms with Gasteiger partial charge in [0.25, 0.3) is 0 Å². The van der Waals surface area contributed by atoms with E-state index in [0.29, 0.717) is 6.61 Å². The number of carbonyl (C=O) groups excluding carboxylic acids is 2. The molecule has 0 saturated carbocycles. The Morgan fingerprint density at radius 3 is 2.57 bits per heavy atom. The number of benzene rings is 1. The van der Waals surface area contributed by atoms with Crippen LogP contribution in [0, 0.1) is 5.41 Å². The smallest absolute Gasteiger partial charge is 0.308 e. The molecule has 114 valence electrons. The zero-order valence-corrected chi connectivity index (χ0v) is 12.8. The maximum absolute atomic E-state index is 12.1. The van der Waals surface area contributed by atoms with Crippen LogP contribution in [0.15, 0.2) is 30.3 Å². The number of Topliss-reactive ketones (excluding diaryl/α,β-unsaturated/α-hetero) is 1. The van der Waals surface area contributed by atoms with Gasteiger partial charge in [0.2, 0.25) is 0 Å². The predicted molar refractivity (Wildman–Crippen MR) is 78.6 cm³/mol. The minimum atomic E-state index is -0.465. The van der Waals surface area contributed by atoms with Crippen molar-refractivity contribution in [2.24, 2.45) is 5.41 Å². The molecule has 21 heavy (non-hydrogen) atoms. The molecule has 4 nitrogen and oxygen atoms in total. The van der Waals surface area contributed by atoms with E-state index in [1.165, 1.54) is 0 Å². The molecule has 0 unspecified atom stereocenters. The highest BCUT2D eigenvalue weighted by molar-refractivity contribution is 5.85. The normalized spacial score (nSPS) is 22.1. The van der Waals surface area contributed by atoms with Crippen molar-refractivity contribution in [1.82, 2.24) is 0 Å². The van der Waals surface area contributed by atoms with E-state index < -0.39 is 11.5 Å². The molecule has 0 bridgehead atoms. The summed E-state index contributed by atoms with van der Waals surface area (Å²) in [4.78, 5) is 23.6. The number of rotatable bonds is 5. The lowest BCUT2D eigenvalue weighted by Gasteiger charge is -2.22. The van der Waals surface area contributed by atoms with Crippen molar-refractivity contribution in [1.29, 1.82) is 0 Å². The first-order valence-electron chi connectivity index (χ1n) is 7.24. The second-order valence-corrected chi connectivity index (χ2v) is 6.44. The molecule has 1 aromatic carbocycles. The Morgan fingerprint density at radius 2 is 1.95 bits per heavy atom. The molecule has 0 N–H and O–H groups in total. The van der Waals surface area contributed by atoms with E-state index in [0.717, 1.165) is 5.56 Å². The minimum Gasteiger partial charge on any atom is -0.459 e. The van der Waals surface area contributed by atoms with Crippen molar-refractivity contribution >= 4 is 11.8 Å². The Labute approximate surface area is 125 Å². The van der Waals surface area contributed by atoms with Crippen LogP contribution in [0.1, 0.15) is 39.2 Å². The van der Waals surface area contributed by atoms with Gasteiger partial charge in [-0.15, -0.1) is 0 Å². The van der Waals surface area contributed by atoms with Crippen LogP contribution in [0.2, 0.25) is 0 Å². The lowest BCUT2D eigenvalue weighted by molar-refractivity contribution is -0.144. The maximum atomic E-state index is 12.1. The standard InChI is InChI=1S/C17H22O4/c1-17(2,3)15(18)9-14-13(10-16(19)21-14)20-11-12-7-5-4-6-8-12/h4-8,13-14H,9-11H2,1-3H3/t13-,14+/m1/s1. The van der Waals surface area contributed by atoms with Gasteiger partial charge in [0.05, 0.1) is 13.0 Å². The fourth-order valence-electron chi connectivity index (χ4n) is 2.19. The summed E-state index contributed by atoms with van der Waals surface area (Å²) in [6, 6.07) is 9.75. The number of ether oxygens (including phenoxy) is 2. The van der Waals surface area contributed by atoms with E-state index in [2.05, 4.69) is 0 Å². The molecular formula is C17H22O4. The van der Waals surface area contributed by atoms with Crippen LogP contribution in [0.4, 0.5) is 0 Å². The Morgan fingerprint density at radius 1 is 1.29 bits per heavy atom. The molecule has 4 heteroatoms. The molecule has 0 aromatic heterocycles. The molecule has 2 rings (SSSR count). The van der Waals surface area contributed by atoms with Gasteiger partial charge in [-0.25, -0.2) is 0 Å². The lowest BCUT2D eigenvalue weighted by atomic mass is 9.87. The van der Waals surface area contributed by atoms with Crippen LogP contribution in [0.25, 0.3) is 0 Å². The molecule has 1 aliphatic rings. The lowest BCUT2D eigenvalue weighted by Crippen LogP contribution is -2.31. The number of hydrogen-bond donors (Lipinski definition) is 0. The minimum absolute atomic E-state index is 0.0792. The molecular weight excluding hydrogens is 268 g/mol. The number of esters is 1. The van der Waals surface area contributed by atoms with Gasteiger partial charge in [-0.2, -0.15) is 0 Å². The highest BCUT2D eigenvalue weighted by Gasteiger charge is 2.38. The fourth-order valence-corrected chi connectivity index (χ4v) is 2.19. The van der Waals surface area contributed by atoms with Crippen molar-refractivity contribution in [3.8, 4) is 0 Å². The van der Waals surface area contributed by atoms with E-state index in [1.807, 2.05) is 51.1 Å². The fraction of sp³-hybridized carbons (Fsp3) is 0.529. The third-order valence-corrected chi connectivity index (χ3v) is 3.60. The average Bonchev–Trinajstić information content (AvgIpc) is 2.76. The number of hydrogen-bond acceptors (Lipinski definition) is 4. The molecule has 1 heterocycles.